The van der Waals surface area contributed by atoms with E-state index < -0.39 is 6.18 Å². The minimum atomic E-state index is -4.00. The lowest BCUT2D eigenvalue weighted by Gasteiger charge is -2.08. The fourth-order valence-corrected chi connectivity index (χ4v) is 1.02. The third-order valence-electron chi connectivity index (χ3n) is 1.61. The third-order valence-corrected chi connectivity index (χ3v) is 1.61. The van der Waals surface area contributed by atoms with Gasteiger partial charge >= 0.3 is 6.18 Å². The van der Waals surface area contributed by atoms with Gasteiger partial charge in [-0.15, -0.1) is 0 Å². The van der Waals surface area contributed by atoms with E-state index in [0.717, 1.165) is 0 Å². The molecule has 1 aromatic heterocycles. The van der Waals surface area contributed by atoms with E-state index in [4.69, 9.17) is 0 Å². The van der Waals surface area contributed by atoms with Crippen molar-refractivity contribution in [2.75, 3.05) is 13.1 Å². The lowest BCUT2D eigenvalue weighted by Crippen LogP contribution is -2.21. The molecule has 2 N–H and O–H groups in total. The standard InChI is InChI=1S/C5H11N.C3H4N2.C2H3F3/c1-2-4-6-5-3-1;1-2-4-5-3-1;1-2(3,4)5/h6H,1-5H2;1-3H,(H,4,5);1H3. The average molecular weight is 237 g/mol. The van der Waals surface area contributed by atoms with E-state index >= 15 is 0 Å². The van der Waals surface area contributed by atoms with Gasteiger partial charge in [0.2, 0.25) is 0 Å². The van der Waals surface area contributed by atoms with Gasteiger partial charge in [0, 0.05) is 19.3 Å². The number of piperidine rings is 1. The molecular weight excluding hydrogens is 219 g/mol. The molecule has 0 unspecified atom stereocenters. The van der Waals surface area contributed by atoms with E-state index in [-0.39, 0.29) is 6.92 Å². The largest absolute Gasteiger partial charge is 0.386 e. The number of hydrogen-bond donors (Lipinski definition) is 2. The minimum absolute atomic E-state index is 0.188. The van der Waals surface area contributed by atoms with Crippen LogP contribution >= 0.6 is 0 Å². The molecule has 0 aliphatic carbocycles. The van der Waals surface area contributed by atoms with Crippen molar-refractivity contribution in [1.29, 1.82) is 0 Å². The van der Waals surface area contributed by atoms with E-state index in [2.05, 4.69) is 15.5 Å². The van der Waals surface area contributed by atoms with E-state index in [9.17, 15) is 13.2 Å². The number of nitrogens with one attached hydrogen (secondary N) is 2. The summed E-state index contributed by atoms with van der Waals surface area (Å²) in [6.45, 7) is 2.69. The number of alkyl halides is 3. The summed E-state index contributed by atoms with van der Waals surface area (Å²) in [5, 5.41) is 9.49. The first-order valence-corrected chi connectivity index (χ1v) is 5.21. The number of rotatable bonds is 0. The van der Waals surface area contributed by atoms with Crippen LogP contribution < -0.4 is 5.32 Å². The van der Waals surface area contributed by atoms with Crippen LogP contribution in [0.4, 0.5) is 13.2 Å². The Labute approximate surface area is 93.4 Å². The number of nitrogens with zero attached hydrogens (tertiary/aromatic N) is 1. The van der Waals surface area contributed by atoms with Gasteiger partial charge < -0.3 is 5.32 Å². The molecule has 1 aliphatic rings. The molecule has 0 spiro atoms. The van der Waals surface area contributed by atoms with Gasteiger partial charge in [0.1, 0.15) is 0 Å². The Bertz CT molecular complexity index is 183. The highest BCUT2D eigenvalue weighted by molar-refractivity contribution is 4.72. The van der Waals surface area contributed by atoms with Gasteiger partial charge in [0.15, 0.2) is 0 Å². The third kappa shape index (κ3) is 18.7. The van der Waals surface area contributed by atoms with Crippen molar-refractivity contribution in [3.8, 4) is 0 Å². The van der Waals surface area contributed by atoms with Gasteiger partial charge in [0.25, 0.3) is 0 Å². The molecule has 1 aliphatic heterocycles. The molecule has 1 fully saturated rings. The Morgan fingerprint density at radius 3 is 1.81 bits per heavy atom. The summed E-state index contributed by atoms with van der Waals surface area (Å²) in [6, 6.07) is 1.83. The van der Waals surface area contributed by atoms with E-state index in [1.54, 1.807) is 12.4 Å². The Balaban J connectivity index is 0.000000213. The molecule has 2 heterocycles. The van der Waals surface area contributed by atoms with E-state index in [0.29, 0.717) is 0 Å². The highest BCUT2D eigenvalue weighted by Gasteiger charge is 2.15. The monoisotopic (exact) mass is 237 g/mol. The predicted octanol–water partition coefficient (Wildman–Crippen LogP) is 2.74. The molecule has 0 bridgehead atoms. The molecule has 94 valence electrons. The molecule has 0 amide bonds. The van der Waals surface area contributed by atoms with Gasteiger partial charge in [-0.3, -0.25) is 5.10 Å². The van der Waals surface area contributed by atoms with E-state index in [1.807, 2.05) is 6.07 Å². The van der Waals surface area contributed by atoms with Crippen LogP contribution in [0.15, 0.2) is 18.5 Å². The van der Waals surface area contributed by atoms with Gasteiger partial charge in [-0.2, -0.15) is 18.3 Å². The molecule has 3 nitrogen and oxygen atoms in total. The summed E-state index contributed by atoms with van der Waals surface area (Å²) in [5.41, 5.74) is 0. The van der Waals surface area contributed by atoms with Crippen molar-refractivity contribution in [3.05, 3.63) is 18.5 Å². The first-order chi connectivity index (χ1) is 7.50. The zero-order chi connectivity index (χ0) is 12.3. The lowest BCUT2D eigenvalue weighted by atomic mass is 10.2. The quantitative estimate of drug-likeness (QED) is 0.728. The van der Waals surface area contributed by atoms with Crippen molar-refractivity contribution >= 4 is 0 Å². The normalized spacial score (nSPS) is 15.2. The summed E-state index contributed by atoms with van der Waals surface area (Å²) in [5.74, 6) is 0. The molecular formula is C10H18F3N3. The highest BCUT2D eigenvalue weighted by atomic mass is 19.4. The molecule has 6 heteroatoms. The predicted molar refractivity (Wildman–Crippen MR) is 57.0 cm³/mol. The second-order valence-electron chi connectivity index (χ2n) is 3.36. The van der Waals surface area contributed by atoms with Crippen LogP contribution in [0.1, 0.15) is 26.2 Å². The fourth-order valence-electron chi connectivity index (χ4n) is 1.02. The van der Waals surface area contributed by atoms with Crippen LogP contribution in [0.2, 0.25) is 0 Å². The molecule has 0 radical (unpaired) electrons. The number of halogens is 3. The Morgan fingerprint density at radius 2 is 1.69 bits per heavy atom. The van der Waals surface area contributed by atoms with Crippen molar-refractivity contribution < 1.29 is 13.2 Å². The maximum Gasteiger partial charge on any atom is 0.386 e. The second-order valence-corrected chi connectivity index (χ2v) is 3.36. The highest BCUT2D eigenvalue weighted by Crippen LogP contribution is 2.10. The minimum Gasteiger partial charge on any atom is -0.317 e. The van der Waals surface area contributed by atoms with Crippen LogP contribution in [0.3, 0.4) is 0 Å². The number of hydrogen-bond acceptors (Lipinski definition) is 2. The summed E-state index contributed by atoms with van der Waals surface area (Å²) in [7, 11) is 0. The van der Waals surface area contributed by atoms with Crippen molar-refractivity contribution in [3.63, 3.8) is 0 Å². The number of aromatic amines is 1. The molecule has 1 saturated heterocycles. The summed E-state index contributed by atoms with van der Waals surface area (Å²) >= 11 is 0. The molecule has 16 heavy (non-hydrogen) atoms. The second kappa shape index (κ2) is 9.21. The maximum atomic E-state index is 10.4. The molecule has 2 rings (SSSR count). The first-order valence-electron chi connectivity index (χ1n) is 5.21. The van der Waals surface area contributed by atoms with Gasteiger partial charge in [-0.25, -0.2) is 0 Å². The van der Waals surface area contributed by atoms with Gasteiger partial charge in [-0.1, -0.05) is 6.42 Å². The first kappa shape index (κ1) is 15.0. The Hall–Kier alpha value is -1.04. The topological polar surface area (TPSA) is 40.7 Å². The zero-order valence-electron chi connectivity index (χ0n) is 9.35. The molecule has 0 aromatic carbocycles. The van der Waals surface area contributed by atoms with Crippen LogP contribution in [-0.2, 0) is 0 Å². The molecule has 0 atom stereocenters. The Kier molecular flexibility index (Phi) is 8.61. The Morgan fingerprint density at radius 1 is 1.12 bits per heavy atom. The fraction of sp³-hybridized carbons (Fsp3) is 0.700. The van der Waals surface area contributed by atoms with Crippen LogP contribution in [-0.4, -0.2) is 29.5 Å². The van der Waals surface area contributed by atoms with Crippen LogP contribution in [0.5, 0.6) is 0 Å². The van der Waals surface area contributed by atoms with Crippen LogP contribution in [0.25, 0.3) is 0 Å². The average Bonchev–Trinajstić information content (AvgIpc) is 2.75. The van der Waals surface area contributed by atoms with Crippen molar-refractivity contribution in [2.24, 2.45) is 0 Å². The number of aromatic nitrogens is 2. The summed E-state index contributed by atoms with van der Waals surface area (Å²) in [6.07, 6.45) is 3.67. The lowest BCUT2D eigenvalue weighted by molar-refractivity contribution is -0.110. The maximum absolute atomic E-state index is 10.4. The summed E-state index contributed by atoms with van der Waals surface area (Å²) in [4.78, 5) is 0. The van der Waals surface area contributed by atoms with Gasteiger partial charge in [-0.05, 0) is 32.0 Å². The smallest absolute Gasteiger partial charge is 0.317 e. The van der Waals surface area contributed by atoms with Crippen molar-refractivity contribution in [1.82, 2.24) is 15.5 Å². The van der Waals surface area contributed by atoms with E-state index in [1.165, 1.54) is 32.4 Å². The zero-order valence-corrected chi connectivity index (χ0v) is 9.35. The molecule has 1 aromatic rings. The van der Waals surface area contributed by atoms with Crippen LogP contribution in [0, 0.1) is 0 Å². The summed E-state index contributed by atoms with van der Waals surface area (Å²) < 4.78 is 31.1. The SMILES string of the molecule is C1CCNCC1.CC(F)(F)F.c1cn[nH]c1. The molecule has 0 saturated carbocycles. The number of H-pyrrole nitrogens is 1. The van der Waals surface area contributed by atoms with Gasteiger partial charge in [0.05, 0.1) is 0 Å². The van der Waals surface area contributed by atoms with Crippen molar-refractivity contribution in [2.45, 2.75) is 32.4 Å².